The minimum absolute atomic E-state index is 0.000845. The molecule has 0 bridgehead atoms. The van der Waals surface area contributed by atoms with Crippen LogP contribution < -0.4 is 33.2 Å². The fraction of sp³-hybridized carbons (Fsp3) is 0.688. The fourth-order valence-electron chi connectivity index (χ4n) is 2.26. The molecule has 0 saturated heterocycles. The molecule has 4 atom stereocenters. The molecule has 0 aliphatic rings. The summed E-state index contributed by atoms with van der Waals surface area (Å²) in [7, 11) is 0. The third-order valence-corrected chi connectivity index (χ3v) is 4.71. The Morgan fingerprint density at radius 1 is 0.833 bits per heavy atom. The van der Waals surface area contributed by atoms with Gasteiger partial charge in [0.2, 0.25) is 23.6 Å². The van der Waals surface area contributed by atoms with Gasteiger partial charge in [0.15, 0.2) is 0 Å². The molecule has 0 heterocycles. The Hall–Kier alpha value is -2.03. The molecule has 12 nitrogen and oxygen atoms in total. The van der Waals surface area contributed by atoms with Crippen LogP contribution in [0.1, 0.15) is 25.7 Å². The molecule has 0 spiro atoms. The van der Waals surface area contributed by atoms with E-state index in [-0.39, 0.29) is 17.9 Å². The highest BCUT2D eigenvalue weighted by molar-refractivity contribution is 7.80. The summed E-state index contributed by atoms with van der Waals surface area (Å²) in [6.45, 7) is 0.388. The average molecular weight is 467 g/mol. The summed E-state index contributed by atoms with van der Waals surface area (Å²) in [6, 6.07) is -4.79. The molecule has 0 aromatic heterocycles. The second-order valence-corrected chi connectivity index (χ2v) is 7.18. The van der Waals surface area contributed by atoms with Crippen molar-refractivity contribution in [2.75, 3.05) is 18.1 Å². The average Bonchev–Trinajstić information content (AvgIpc) is 2.69. The lowest BCUT2D eigenvalue weighted by molar-refractivity contribution is -0.142. The first kappa shape index (κ1) is 28.0. The fourth-order valence-corrected chi connectivity index (χ4v) is 2.68. The largest absolute Gasteiger partial charge is 0.480 e. The predicted molar refractivity (Wildman–Crippen MR) is 116 cm³/mol. The van der Waals surface area contributed by atoms with E-state index < -0.39 is 60.2 Å². The van der Waals surface area contributed by atoms with Crippen LogP contribution >= 0.6 is 25.3 Å². The molecule has 30 heavy (non-hydrogen) atoms. The van der Waals surface area contributed by atoms with Gasteiger partial charge < -0.3 is 38.3 Å². The monoisotopic (exact) mass is 466 g/mol. The van der Waals surface area contributed by atoms with E-state index in [9.17, 15) is 29.1 Å². The summed E-state index contributed by atoms with van der Waals surface area (Å²) in [6.07, 6.45) is 0.709. The van der Waals surface area contributed by atoms with E-state index in [0.717, 1.165) is 0 Å². The molecule has 0 aliphatic heterocycles. The molecule has 0 rings (SSSR count). The molecule has 0 saturated carbocycles. The van der Waals surface area contributed by atoms with E-state index in [1.54, 1.807) is 0 Å². The molecule has 14 heteroatoms. The van der Waals surface area contributed by atoms with Gasteiger partial charge in [0, 0.05) is 11.5 Å². The van der Waals surface area contributed by atoms with Crippen molar-refractivity contribution in [1.82, 2.24) is 16.0 Å². The number of rotatable bonds is 15. The summed E-state index contributed by atoms with van der Waals surface area (Å²) >= 11 is 7.88. The Morgan fingerprint density at radius 2 is 1.37 bits per heavy atom. The number of thiol groups is 2. The number of primary amides is 1. The van der Waals surface area contributed by atoms with Crippen molar-refractivity contribution in [3.63, 3.8) is 0 Å². The number of carboxylic acids is 1. The Kier molecular flexibility index (Phi) is 13.9. The van der Waals surface area contributed by atoms with Gasteiger partial charge in [-0.05, 0) is 25.8 Å². The second kappa shape index (κ2) is 14.9. The quantitative estimate of drug-likeness (QED) is 0.0877. The number of hydrogen-bond donors (Lipinski definition) is 9. The summed E-state index contributed by atoms with van der Waals surface area (Å²) in [4.78, 5) is 59.4. The first-order valence-corrected chi connectivity index (χ1v) is 10.4. The van der Waals surface area contributed by atoms with Gasteiger partial charge in [0.1, 0.15) is 18.1 Å². The van der Waals surface area contributed by atoms with Crippen LogP contribution in [-0.2, 0) is 24.0 Å². The molecule has 0 aliphatic carbocycles. The van der Waals surface area contributed by atoms with Crippen molar-refractivity contribution in [1.29, 1.82) is 0 Å². The summed E-state index contributed by atoms with van der Waals surface area (Å²) in [5, 5.41) is 16.2. The number of nitrogens with one attached hydrogen (secondary N) is 3. The van der Waals surface area contributed by atoms with Gasteiger partial charge in [-0.1, -0.05) is 0 Å². The van der Waals surface area contributed by atoms with Crippen molar-refractivity contribution < 1.29 is 29.1 Å². The van der Waals surface area contributed by atoms with Gasteiger partial charge in [-0.3, -0.25) is 19.2 Å². The number of nitrogens with two attached hydrogens (primary N) is 3. The number of carbonyl (C=O) groups is 5. The van der Waals surface area contributed by atoms with Crippen LogP contribution in [0.25, 0.3) is 0 Å². The third-order valence-electron chi connectivity index (χ3n) is 3.95. The van der Waals surface area contributed by atoms with Crippen LogP contribution in [0, 0.1) is 0 Å². The van der Waals surface area contributed by atoms with E-state index in [4.69, 9.17) is 17.2 Å². The van der Waals surface area contributed by atoms with Crippen LogP contribution in [0.3, 0.4) is 0 Å². The highest BCUT2D eigenvalue weighted by Gasteiger charge is 2.30. The van der Waals surface area contributed by atoms with Crippen molar-refractivity contribution in [2.24, 2.45) is 17.2 Å². The number of carboxylic acid groups (broad SMARTS) is 1. The van der Waals surface area contributed by atoms with Crippen LogP contribution in [0.4, 0.5) is 0 Å². The SMILES string of the molecule is NCCCCC(NC(=O)C(CS)NC(=O)C(CC(N)=O)NC(=O)C(N)CS)C(=O)O. The number of unbranched alkanes of at least 4 members (excludes halogenated alkanes) is 1. The highest BCUT2D eigenvalue weighted by Crippen LogP contribution is 2.03. The maximum absolute atomic E-state index is 12.5. The lowest BCUT2D eigenvalue weighted by atomic mass is 10.1. The molecular weight excluding hydrogens is 436 g/mol. The van der Waals surface area contributed by atoms with Crippen molar-refractivity contribution >= 4 is 54.9 Å². The molecule has 0 fully saturated rings. The van der Waals surface area contributed by atoms with Gasteiger partial charge in [-0.2, -0.15) is 25.3 Å². The van der Waals surface area contributed by atoms with E-state index >= 15 is 0 Å². The van der Waals surface area contributed by atoms with Crippen molar-refractivity contribution in [3.05, 3.63) is 0 Å². The van der Waals surface area contributed by atoms with Crippen LogP contribution in [0.15, 0.2) is 0 Å². The van der Waals surface area contributed by atoms with Gasteiger partial charge in [-0.25, -0.2) is 4.79 Å². The first-order chi connectivity index (χ1) is 14.1. The number of amides is 4. The first-order valence-electron chi connectivity index (χ1n) is 9.16. The highest BCUT2D eigenvalue weighted by atomic mass is 32.1. The molecule has 4 unspecified atom stereocenters. The number of carbonyl (C=O) groups excluding carboxylic acids is 4. The van der Waals surface area contributed by atoms with Crippen LogP contribution in [0.2, 0.25) is 0 Å². The van der Waals surface area contributed by atoms with Crippen molar-refractivity contribution in [2.45, 2.75) is 49.9 Å². The number of hydrogen-bond acceptors (Lipinski definition) is 9. The number of aliphatic carboxylic acids is 1. The van der Waals surface area contributed by atoms with Gasteiger partial charge in [0.25, 0.3) is 0 Å². The van der Waals surface area contributed by atoms with E-state index in [1.807, 2.05) is 0 Å². The summed E-state index contributed by atoms with van der Waals surface area (Å²) in [5.41, 5.74) is 16.0. The normalized spacial score (nSPS) is 14.7. The Morgan fingerprint density at radius 3 is 1.83 bits per heavy atom. The molecule has 0 radical (unpaired) electrons. The molecule has 4 amide bonds. The Bertz CT molecular complexity index is 623. The smallest absolute Gasteiger partial charge is 0.326 e. The molecule has 0 aromatic carbocycles. The maximum Gasteiger partial charge on any atom is 0.326 e. The van der Waals surface area contributed by atoms with Crippen molar-refractivity contribution in [3.8, 4) is 0 Å². The van der Waals surface area contributed by atoms with Crippen LogP contribution in [-0.4, -0.2) is 76.9 Å². The lowest BCUT2D eigenvalue weighted by Gasteiger charge is -2.23. The molecule has 172 valence electrons. The minimum atomic E-state index is -1.38. The van der Waals surface area contributed by atoms with E-state index in [2.05, 4.69) is 41.2 Å². The second-order valence-electron chi connectivity index (χ2n) is 6.45. The topological polar surface area (TPSA) is 220 Å². The van der Waals surface area contributed by atoms with E-state index in [0.29, 0.717) is 19.4 Å². The third kappa shape index (κ3) is 10.7. The zero-order valence-corrected chi connectivity index (χ0v) is 18.2. The standard InChI is InChI=1S/C16H30N6O6S2/c17-4-2-1-3-9(16(27)28)20-15(26)11(7-30)22-14(25)10(5-12(19)23)21-13(24)8(18)6-29/h8-11,29-30H,1-7,17-18H2,(H2,19,23)(H,20,26)(H,21,24)(H,22,25)(H,27,28). The predicted octanol–water partition coefficient (Wildman–Crippen LogP) is -3.28. The summed E-state index contributed by atoms with van der Waals surface area (Å²) < 4.78 is 0. The molecule has 0 aromatic rings. The minimum Gasteiger partial charge on any atom is -0.480 e. The maximum atomic E-state index is 12.5. The van der Waals surface area contributed by atoms with Gasteiger partial charge in [0.05, 0.1) is 12.5 Å². The molecule has 10 N–H and O–H groups in total. The lowest BCUT2D eigenvalue weighted by Crippen LogP contribution is -2.58. The Balaban J connectivity index is 5.14. The van der Waals surface area contributed by atoms with E-state index in [1.165, 1.54) is 0 Å². The molecular formula is C16H30N6O6S2. The van der Waals surface area contributed by atoms with Gasteiger partial charge >= 0.3 is 5.97 Å². The van der Waals surface area contributed by atoms with Crippen LogP contribution in [0.5, 0.6) is 0 Å². The Labute approximate surface area is 185 Å². The zero-order chi connectivity index (χ0) is 23.3. The van der Waals surface area contributed by atoms with Gasteiger partial charge in [-0.15, -0.1) is 0 Å². The summed E-state index contributed by atoms with van der Waals surface area (Å²) in [5.74, 6) is -4.66. The zero-order valence-electron chi connectivity index (χ0n) is 16.4.